The van der Waals surface area contributed by atoms with E-state index in [9.17, 15) is 9.59 Å². The van der Waals surface area contributed by atoms with Crippen molar-refractivity contribution in [1.29, 1.82) is 0 Å². The topological polar surface area (TPSA) is 69.3 Å². The fraction of sp³-hybridized carbons (Fsp3) is 0.292. The molecule has 5 rings (SSSR count). The molecule has 0 aliphatic carbocycles. The minimum Gasteiger partial charge on any atom is -0.340 e. The molecule has 3 atom stereocenters. The molecule has 2 saturated heterocycles. The molecule has 1 N–H and O–H groups in total. The van der Waals surface area contributed by atoms with Gasteiger partial charge in [0.05, 0.1) is 12.4 Å². The molecular weight excluding hydrogens is 376 g/mol. The second kappa shape index (κ2) is 7.44. The number of hydrogen-bond donors (Lipinski definition) is 1. The highest BCUT2D eigenvalue weighted by molar-refractivity contribution is 5.98. The van der Waals surface area contributed by atoms with Gasteiger partial charge in [0.1, 0.15) is 11.4 Å². The summed E-state index contributed by atoms with van der Waals surface area (Å²) in [5.74, 6) is 0.590. The maximum Gasteiger partial charge on any atom is 0.272 e. The number of benzene rings is 2. The van der Waals surface area contributed by atoms with Gasteiger partial charge in [-0.3, -0.25) is 9.59 Å². The number of hydrogen-bond acceptors (Lipinski definition) is 3. The van der Waals surface area contributed by atoms with E-state index in [0.717, 1.165) is 11.1 Å². The SMILES string of the molecule is CC(=O)N1C[C@H]2CN(C(=O)c3[nH]cnc3-c3ccccc3)C[C@H]2[C@H]1c1ccccc1. The summed E-state index contributed by atoms with van der Waals surface area (Å²) in [6, 6.07) is 19.9. The maximum atomic E-state index is 13.4. The summed E-state index contributed by atoms with van der Waals surface area (Å²) in [4.78, 5) is 37.0. The van der Waals surface area contributed by atoms with Gasteiger partial charge >= 0.3 is 0 Å². The van der Waals surface area contributed by atoms with Crippen LogP contribution in [0.2, 0.25) is 0 Å². The van der Waals surface area contributed by atoms with Gasteiger partial charge in [-0.05, 0) is 5.56 Å². The highest BCUT2D eigenvalue weighted by atomic mass is 16.2. The number of nitrogens with one attached hydrogen (secondary N) is 1. The van der Waals surface area contributed by atoms with E-state index in [2.05, 4.69) is 22.1 Å². The van der Waals surface area contributed by atoms with Crippen LogP contribution in [0.25, 0.3) is 11.3 Å². The van der Waals surface area contributed by atoms with Gasteiger partial charge in [-0.15, -0.1) is 0 Å². The number of nitrogens with zero attached hydrogens (tertiary/aromatic N) is 3. The molecule has 2 aliphatic rings. The van der Waals surface area contributed by atoms with E-state index in [1.807, 2.05) is 58.3 Å². The lowest BCUT2D eigenvalue weighted by molar-refractivity contribution is -0.130. The van der Waals surface area contributed by atoms with Gasteiger partial charge in [-0.2, -0.15) is 0 Å². The third kappa shape index (κ3) is 3.09. The Bertz CT molecular complexity index is 1060. The maximum absolute atomic E-state index is 13.4. The van der Waals surface area contributed by atoms with E-state index >= 15 is 0 Å². The average molecular weight is 400 g/mol. The number of amides is 2. The van der Waals surface area contributed by atoms with Crippen molar-refractivity contribution in [2.24, 2.45) is 11.8 Å². The van der Waals surface area contributed by atoms with Crippen molar-refractivity contribution in [3.63, 3.8) is 0 Å². The summed E-state index contributed by atoms with van der Waals surface area (Å²) >= 11 is 0. The summed E-state index contributed by atoms with van der Waals surface area (Å²) in [5, 5.41) is 0. The van der Waals surface area contributed by atoms with Crippen LogP contribution < -0.4 is 0 Å². The van der Waals surface area contributed by atoms with E-state index in [-0.39, 0.29) is 29.7 Å². The average Bonchev–Trinajstić information content (AvgIpc) is 3.48. The van der Waals surface area contributed by atoms with Crippen LogP contribution in [0.5, 0.6) is 0 Å². The minimum absolute atomic E-state index is 0.0156. The van der Waals surface area contributed by atoms with Gasteiger partial charge in [-0.1, -0.05) is 60.7 Å². The van der Waals surface area contributed by atoms with E-state index < -0.39 is 0 Å². The number of imidazole rings is 1. The van der Waals surface area contributed by atoms with Crippen molar-refractivity contribution in [1.82, 2.24) is 19.8 Å². The quantitative estimate of drug-likeness (QED) is 0.733. The van der Waals surface area contributed by atoms with Crippen LogP contribution in [0, 0.1) is 11.8 Å². The summed E-state index contributed by atoms with van der Waals surface area (Å²) in [7, 11) is 0. The van der Waals surface area contributed by atoms with E-state index in [1.165, 1.54) is 0 Å². The molecule has 152 valence electrons. The monoisotopic (exact) mass is 400 g/mol. The van der Waals surface area contributed by atoms with Crippen LogP contribution >= 0.6 is 0 Å². The van der Waals surface area contributed by atoms with Crippen LogP contribution in [0.4, 0.5) is 0 Å². The number of rotatable bonds is 3. The van der Waals surface area contributed by atoms with Crippen LogP contribution in [0.1, 0.15) is 29.0 Å². The van der Waals surface area contributed by atoms with Crippen molar-refractivity contribution in [2.45, 2.75) is 13.0 Å². The molecule has 0 unspecified atom stereocenters. The van der Waals surface area contributed by atoms with Gasteiger partial charge in [0.2, 0.25) is 5.91 Å². The second-order valence-corrected chi connectivity index (χ2v) is 8.15. The number of aromatic nitrogens is 2. The number of fused-ring (bicyclic) bond motifs is 1. The molecule has 0 saturated carbocycles. The number of H-pyrrole nitrogens is 1. The molecule has 2 amide bonds. The molecule has 0 spiro atoms. The lowest BCUT2D eigenvalue weighted by Crippen LogP contribution is -2.36. The first-order chi connectivity index (χ1) is 14.6. The van der Waals surface area contributed by atoms with E-state index in [1.54, 1.807) is 13.3 Å². The Morgan fingerprint density at radius 3 is 2.37 bits per heavy atom. The Kier molecular flexibility index (Phi) is 4.62. The van der Waals surface area contributed by atoms with Gasteiger partial charge in [-0.25, -0.2) is 4.98 Å². The minimum atomic E-state index is -0.0260. The third-order valence-electron chi connectivity index (χ3n) is 6.40. The predicted octanol–water partition coefficient (Wildman–Crippen LogP) is 3.37. The molecule has 6 heteroatoms. The summed E-state index contributed by atoms with van der Waals surface area (Å²) in [5.41, 5.74) is 3.27. The Labute approximate surface area is 175 Å². The van der Waals surface area contributed by atoms with Crippen molar-refractivity contribution in [3.05, 3.63) is 78.2 Å². The number of aromatic amines is 1. The highest BCUT2D eigenvalue weighted by Gasteiger charge is 2.49. The molecule has 6 nitrogen and oxygen atoms in total. The molecule has 2 aromatic carbocycles. The summed E-state index contributed by atoms with van der Waals surface area (Å²) in [6.45, 7) is 3.62. The molecule has 2 aliphatic heterocycles. The van der Waals surface area contributed by atoms with E-state index in [0.29, 0.717) is 31.0 Å². The zero-order valence-corrected chi connectivity index (χ0v) is 16.9. The fourth-order valence-corrected chi connectivity index (χ4v) is 5.04. The smallest absolute Gasteiger partial charge is 0.272 e. The number of carbonyl (C=O) groups excluding carboxylic acids is 2. The first kappa shape index (κ1) is 18.6. The zero-order valence-electron chi connectivity index (χ0n) is 16.9. The summed E-state index contributed by atoms with van der Waals surface area (Å²) in [6.07, 6.45) is 1.58. The molecule has 0 radical (unpaired) electrons. The molecule has 0 bridgehead atoms. The summed E-state index contributed by atoms with van der Waals surface area (Å²) < 4.78 is 0. The molecule has 2 fully saturated rings. The standard InChI is InChI=1S/C24H24N4O2/c1-16(29)28-13-19-12-27(14-20(19)23(28)18-10-6-3-7-11-18)24(30)22-21(25-15-26-22)17-8-4-2-5-9-17/h2-11,15,19-20,23H,12-14H2,1H3,(H,25,26)/t19-,20-,23-/m1/s1. The molecule has 3 heterocycles. The highest BCUT2D eigenvalue weighted by Crippen LogP contribution is 2.45. The number of likely N-dealkylation sites (tertiary alicyclic amines) is 2. The first-order valence-electron chi connectivity index (χ1n) is 10.3. The molecule has 30 heavy (non-hydrogen) atoms. The fourth-order valence-electron chi connectivity index (χ4n) is 5.04. The van der Waals surface area contributed by atoms with Crippen LogP contribution in [0.15, 0.2) is 67.0 Å². The van der Waals surface area contributed by atoms with Crippen LogP contribution in [-0.4, -0.2) is 51.2 Å². The van der Waals surface area contributed by atoms with Crippen LogP contribution in [0.3, 0.4) is 0 Å². The predicted molar refractivity (Wildman–Crippen MR) is 113 cm³/mol. The molecule has 1 aromatic heterocycles. The Morgan fingerprint density at radius 2 is 1.67 bits per heavy atom. The Morgan fingerprint density at radius 1 is 0.967 bits per heavy atom. The van der Waals surface area contributed by atoms with Crippen molar-refractivity contribution < 1.29 is 9.59 Å². The number of carbonyl (C=O) groups is 2. The Balaban J connectivity index is 1.41. The van der Waals surface area contributed by atoms with E-state index in [4.69, 9.17) is 0 Å². The second-order valence-electron chi connectivity index (χ2n) is 8.15. The largest absolute Gasteiger partial charge is 0.340 e. The molecular formula is C24H24N4O2. The third-order valence-corrected chi connectivity index (χ3v) is 6.40. The van der Waals surface area contributed by atoms with Crippen molar-refractivity contribution in [2.75, 3.05) is 19.6 Å². The van der Waals surface area contributed by atoms with Gasteiger partial charge in [0.15, 0.2) is 0 Å². The van der Waals surface area contributed by atoms with Crippen molar-refractivity contribution in [3.8, 4) is 11.3 Å². The Hall–Kier alpha value is -3.41. The van der Waals surface area contributed by atoms with Crippen molar-refractivity contribution >= 4 is 11.8 Å². The first-order valence-corrected chi connectivity index (χ1v) is 10.3. The van der Waals surface area contributed by atoms with Gasteiger partial charge < -0.3 is 14.8 Å². The lowest BCUT2D eigenvalue weighted by atomic mass is 9.89. The lowest BCUT2D eigenvalue weighted by Gasteiger charge is -2.29. The molecule has 3 aromatic rings. The van der Waals surface area contributed by atoms with Crippen LogP contribution in [-0.2, 0) is 4.79 Å². The van der Waals surface area contributed by atoms with Gasteiger partial charge in [0, 0.05) is 44.0 Å². The zero-order chi connectivity index (χ0) is 20.7. The van der Waals surface area contributed by atoms with Gasteiger partial charge in [0.25, 0.3) is 5.91 Å². The normalized spacial score (nSPS) is 22.9.